The van der Waals surface area contributed by atoms with Gasteiger partial charge in [-0.1, -0.05) is 36.4 Å². The topological polar surface area (TPSA) is 39.2 Å². The lowest BCUT2D eigenvalue weighted by Gasteiger charge is -2.23. The third-order valence-electron chi connectivity index (χ3n) is 3.83. The first-order valence-corrected chi connectivity index (χ1v) is 7.19. The van der Waals surface area contributed by atoms with Crippen LogP contribution in [0.4, 0.5) is 0 Å². The van der Waals surface area contributed by atoms with Crippen LogP contribution in [0, 0.1) is 0 Å². The van der Waals surface area contributed by atoms with Gasteiger partial charge in [-0.05, 0) is 43.0 Å². The van der Waals surface area contributed by atoms with Gasteiger partial charge in [0.05, 0.1) is 5.41 Å². The predicted molar refractivity (Wildman–Crippen MR) is 86.8 cm³/mol. The Balaban J connectivity index is 1.86. The van der Waals surface area contributed by atoms with Crippen LogP contribution in [0.5, 0.6) is 5.75 Å². The van der Waals surface area contributed by atoms with E-state index in [9.17, 15) is 4.79 Å². The van der Waals surface area contributed by atoms with E-state index in [1.54, 1.807) is 18.5 Å². The maximum atomic E-state index is 12.5. The minimum absolute atomic E-state index is 0.276. The Kier molecular flexibility index (Phi) is 3.63. The number of hydrogen-bond acceptors (Lipinski definition) is 3. The van der Waals surface area contributed by atoms with Gasteiger partial charge in [-0.15, -0.1) is 0 Å². The number of fused-ring (bicyclic) bond motifs is 1. The van der Waals surface area contributed by atoms with Crippen LogP contribution in [0.1, 0.15) is 19.4 Å². The first-order chi connectivity index (χ1) is 10.6. The Morgan fingerprint density at radius 3 is 2.55 bits per heavy atom. The number of esters is 1. The number of hydrogen-bond donors (Lipinski definition) is 0. The van der Waals surface area contributed by atoms with Crippen molar-refractivity contribution in [2.24, 2.45) is 0 Å². The Labute approximate surface area is 129 Å². The van der Waals surface area contributed by atoms with Crippen molar-refractivity contribution in [2.75, 3.05) is 0 Å². The Morgan fingerprint density at radius 2 is 1.77 bits per heavy atom. The number of pyridine rings is 1. The van der Waals surface area contributed by atoms with Crippen LogP contribution >= 0.6 is 0 Å². The molecule has 0 atom stereocenters. The summed E-state index contributed by atoms with van der Waals surface area (Å²) in [4.78, 5) is 16.6. The third kappa shape index (κ3) is 2.70. The van der Waals surface area contributed by atoms with Gasteiger partial charge in [-0.3, -0.25) is 9.78 Å². The van der Waals surface area contributed by atoms with Crippen LogP contribution in [0.2, 0.25) is 0 Å². The number of aromatic nitrogens is 1. The van der Waals surface area contributed by atoms with Crippen LogP contribution in [0.25, 0.3) is 10.8 Å². The summed E-state index contributed by atoms with van der Waals surface area (Å²) in [7, 11) is 0. The van der Waals surface area contributed by atoms with Crippen molar-refractivity contribution in [3.8, 4) is 5.75 Å². The number of ether oxygens (including phenoxy) is 1. The van der Waals surface area contributed by atoms with E-state index in [4.69, 9.17) is 4.74 Å². The smallest absolute Gasteiger partial charge is 0.321 e. The molecular weight excluding hydrogens is 274 g/mol. The van der Waals surface area contributed by atoms with E-state index in [1.807, 2.05) is 62.4 Å². The molecule has 3 aromatic rings. The maximum absolute atomic E-state index is 12.5. The van der Waals surface area contributed by atoms with Gasteiger partial charge in [-0.2, -0.15) is 0 Å². The molecule has 22 heavy (non-hydrogen) atoms. The summed E-state index contributed by atoms with van der Waals surface area (Å²) in [6.07, 6.45) is 3.50. The van der Waals surface area contributed by atoms with E-state index in [0.717, 1.165) is 16.3 Å². The molecule has 2 aromatic carbocycles. The van der Waals surface area contributed by atoms with E-state index >= 15 is 0 Å². The van der Waals surface area contributed by atoms with Gasteiger partial charge in [0, 0.05) is 17.8 Å². The molecule has 0 amide bonds. The molecule has 1 heterocycles. The average molecular weight is 291 g/mol. The van der Waals surface area contributed by atoms with Crippen molar-refractivity contribution in [1.29, 1.82) is 0 Å². The van der Waals surface area contributed by atoms with Crippen molar-refractivity contribution in [3.63, 3.8) is 0 Å². The highest BCUT2D eigenvalue weighted by Gasteiger charge is 2.31. The van der Waals surface area contributed by atoms with Gasteiger partial charge in [0.1, 0.15) is 5.75 Å². The third-order valence-corrected chi connectivity index (χ3v) is 3.83. The normalized spacial score (nSPS) is 11.4. The molecule has 3 heteroatoms. The van der Waals surface area contributed by atoms with Gasteiger partial charge in [-0.25, -0.2) is 0 Å². The van der Waals surface area contributed by atoms with E-state index < -0.39 is 5.41 Å². The standard InChI is InChI=1S/C19H17NO2/c1-19(2,16-6-4-3-5-7-16)18(21)22-17-9-8-14-10-11-20-13-15(14)12-17/h3-13H,1-2H3. The SMILES string of the molecule is CC(C)(C(=O)Oc1ccc2ccncc2c1)c1ccccc1. The van der Waals surface area contributed by atoms with Crippen molar-refractivity contribution >= 4 is 16.7 Å². The molecule has 3 nitrogen and oxygen atoms in total. The molecule has 3 rings (SSSR count). The molecule has 0 bridgehead atoms. The Bertz CT molecular complexity index is 810. The molecule has 0 N–H and O–H groups in total. The van der Waals surface area contributed by atoms with E-state index in [-0.39, 0.29) is 5.97 Å². The van der Waals surface area contributed by atoms with Crippen LogP contribution in [0.15, 0.2) is 67.0 Å². The van der Waals surface area contributed by atoms with Crippen molar-refractivity contribution in [1.82, 2.24) is 4.98 Å². The molecule has 0 unspecified atom stereocenters. The Morgan fingerprint density at radius 1 is 1.00 bits per heavy atom. The van der Waals surface area contributed by atoms with E-state index in [1.165, 1.54) is 0 Å². The highest BCUT2D eigenvalue weighted by Crippen LogP contribution is 2.27. The fourth-order valence-corrected chi connectivity index (χ4v) is 2.33. The van der Waals surface area contributed by atoms with Crippen molar-refractivity contribution < 1.29 is 9.53 Å². The molecular formula is C19H17NO2. The summed E-state index contributed by atoms with van der Waals surface area (Å²) in [6, 6.07) is 17.1. The highest BCUT2D eigenvalue weighted by molar-refractivity contribution is 5.87. The van der Waals surface area contributed by atoms with Gasteiger partial charge in [0.2, 0.25) is 0 Å². The van der Waals surface area contributed by atoms with Crippen molar-refractivity contribution in [3.05, 3.63) is 72.6 Å². The predicted octanol–water partition coefficient (Wildman–Crippen LogP) is 4.12. The van der Waals surface area contributed by atoms with E-state index in [0.29, 0.717) is 5.75 Å². The molecule has 1 aromatic heterocycles. The largest absolute Gasteiger partial charge is 0.426 e. The zero-order valence-corrected chi connectivity index (χ0v) is 12.6. The first-order valence-electron chi connectivity index (χ1n) is 7.19. The monoisotopic (exact) mass is 291 g/mol. The summed E-state index contributed by atoms with van der Waals surface area (Å²) >= 11 is 0. The lowest BCUT2D eigenvalue weighted by molar-refractivity contribution is -0.139. The molecule has 0 saturated heterocycles. The molecule has 0 fully saturated rings. The fraction of sp³-hybridized carbons (Fsp3) is 0.158. The maximum Gasteiger partial charge on any atom is 0.321 e. The number of carbonyl (C=O) groups is 1. The lowest BCUT2D eigenvalue weighted by atomic mass is 9.85. The molecule has 110 valence electrons. The summed E-state index contributed by atoms with van der Waals surface area (Å²) in [6.45, 7) is 3.74. The number of rotatable bonds is 3. The second-order valence-corrected chi connectivity index (χ2v) is 5.77. The van der Waals surface area contributed by atoms with Crippen LogP contribution in [-0.2, 0) is 10.2 Å². The fourth-order valence-electron chi connectivity index (χ4n) is 2.33. The van der Waals surface area contributed by atoms with Gasteiger partial charge < -0.3 is 4.74 Å². The average Bonchev–Trinajstić information content (AvgIpc) is 2.55. The second kappa shape index (κ2) is 5.60. The minimum Gasteiger partial charge on any atom is -0.426 e. The summed E-state index contributed by atoms with van der Waals surface area (Å²) < 4.78 is 5.57. The molecule has 0 saturated carbocycles. The summed E-state index contributed by atoms with van der Waals surface area (Å²) in [5.74, 6) is 0.261. The van der Waals surface area contributed by atoms with Crippen molar-refractivity contribution in [2.45, 2.75) is 19.3 Å². The molecule has 0 aliphatic rings. The van der Waals surface area contributed by atoms with Gasteiger partial charge in [0.15, 0.2) is 0 Å². The summed E-state index contributed by atoms with van der Waals surface area (Å²) in [5, 5.41) is 2.02. The number of benzene rings is 2. The lowest BCUT2D eigenvalue weighted by Crippen LogP contribution is -2.33. The van der Waals surface area contributed by atoms with Gasteiger partial charge in [0.25, 0.3) is 0 Å². The Hall–Kier alpha value is -2.68. The van der Waals surface area contributed by atoms with Crippen LogP contribution in [-0.4, -0.2) is 11.0 Å². The molecule has 0 radical (unpaired) electrons. The van der Waals surface area contributed by atoms with Gasteiger partial charge >= 0.3 is 5.97 Å². The molecule has 0 aliphatic carbocycles. The molecule has 0 aliphatic heterocycles. The highest BCUT2D eigenvalue weighted by atomic mass is 16.5. The number of nitrogens with zero attached hydrogens (tertiary/aromatic N) is 1. The number of carbonyl (C=O) groups excluding carboxylic acids is 1. The van der Waals surface area contributed by atoms with E-state index in [2.05, 4.69) is 4.98 Å². The van der Waals surface area contributed by atoms with Crippen LogP contribution < -0.4 is 4.74 Å². The summed E-state index contributed by atoms with van der Waals surface area (Å²) in [5.41, 5.74) is 0.230. The quantitative estimate of drug-likeness (QED) is 0.538. The first kappa shape index (κ1) is 14.3. The second-order valence-electron chi connectivity index (χ2n) is 5.77. The molecule has 0 spiro atoms. The zero-order valence-electron chi connectivity index (χ0n) is 12.6. The minimum atomic E-state index is -0.703. The van der Waals surface area contributed by atoms with Crippen LogP contribution in [0.3, 0.4) is 0 Å². The zero-order chi connectivity index (χ0) is 15.6.